The molecule has 4 heterocycles. The van der Waals surface area contributed by atoms with E-state index < -0.39 is 24.0 Å². The van der Waals surface area contributed by atoms with Crippen molar-refractivity contribution >= 4 is 62.9 Å². The number of carboxylic acid groups (broad SMARTS) is 1. The first-order valence-corrected chi connectivity index (χ1v) is 12.9. The van der Waals surface area contributed by atoms with E-state index in [0.717, 1.165) is 59.1 Å². The zero-order valence-electron chi connectivity index (χ0n) is 20.5. The van der Waals surface area contributed by atoms with Gasteiger partial charge in [0.25, 0.3) is 5.91 Å². The molecule has 0 atom stereocenters. The van der Waals surface area contributed by atoms with Crippen LogP contribution < -0.4 is 10.5 Å². The van der Waals surface area contributed by atoms with Gasteiger partial charge in [-0.25, -0.2) is 4.79 Å². The van der Waals surface area contributed by atoms with Gasteiger partial charge in [-0.05, 0) is 53.9 Å². The van der Waals surface area contributed by atoms with E-state index in [1.165, 1.54) is 17.3 Å². The van der Waals surface area contributed by atoms with Crippen LogP contribution >= 0.6 is 24.0 Å². The molecule has 3 aliphatic rings. The van der Waals surface area contributed by atoms with Crippen LogP contribution in [0.5, 0.6) is 0 Å². The molecule has 184 valence electrons. The van der Waals surface area contributed by atoms with Gasteiger partial charge in [-0.3, -0.25) is 14.5 Å². The van der Waals surface area contributed by atoms with E-state index in [4.69, 9.17) is 21.7 Å². The zero-order chi connectivity index (χ0) is 25.4. The Labute approximate surface area is 213 Å². The predicted octanol–water partition coefficient (Wildman–Crippen LogP) is 4.56. The fourth-order valence-electron chi connectivity index (χ4n) is 5.45. The lowest BCUT2D eigenvalue weighted by atomic mass is 9.69. The molecule has 9 heteroatoms. The summed E-state index contributed by atoms with van der Waals surface area (Å²) >= 11 is 6.20. The Hall–Kier alpha value is -2.65. The molecule has 3 aliphatic heterocycles. The summed E-state index contributed by atoms with van der Waals surface area (Å²) in [6.45, 7) is 12.3. The molecule has 0 unspecified atom stereocenters. The molecule has 1 aromatic carbocycles. The van der Waals surface area contributed by atoms with Gasteiger partial charge in [0.2, 0.25) is 0 Å². The predicted molar refractivity (Wildman–Crippen MR) is 142 cm³/mol. The molecule has 1 aromatic heterocycles. The van der Waals surface area contributed by atoms with E-state index in [9.17, 15) is 14.4 Å². The monoisotopic (exact) mass is 512 g/mol. The number of rotatable bonds is 3. The number of hydrogen-bond acceptors (Lipinski definition) is 7. The summed E-state index contributed by atoms with van der Waals surface area (Å²) in [4.78, 5) is 40.9. The fraction of sp³-hybridized carbons (Fsp3) is 0.462. The maximum atomic E-state index is 13.3. The van der Waals surface area contributed by atoms with Gasteiger partial charge in [0, 0.05) is 29.7 Å². The summed E-state index contributed by atoms with van der Waals surface area (Å²) in [5, 5.41) is 9.97. The quantitative estimate of drug-likeness (QED) is 0.364. The summed E-state index contributed by atoms with van der Waals surface area (Å²) in [6.07, 6.45) is 3.50. The smallest absolute Gasteiger partial charge is 0.343 e. The van der Waals surface area contributed by atoms with Crippen LogP contribution in [0, 0.1) is 6.92 Å². The highest BCUT2D eigenvalue weighted by Gasteiger charge is 2.42. The highest BCUT2D eigenvalue weighted by Crippen LogP contribution is 2.52. The third-order valence-corrected chi connectivity index (χ3v) is 9.03. The lowest BCUT2D eigenvalue weighted by Gasteiger charge is -2.48. The van der Waals surface area contributed by atoms with Crippen LogP contribution in [0.4, 0.5) is 5.69 Å². The molecule has 5 rings (SSSR count). The Balaban J connectivity index is 1.74. The maximum Gasteiger partial charge on any atom is 0.343 e. The van der Waals surface area contributed by atoms with Gasteiger partial charge in [0.1, 0.15) is 16.4 Å². The summed E-state index contributed by atoms with van der Waals surface area (Å²) < 4.78 is 6.18. The number of fused-ring (bicyclic) bond motifs is 2. The first-order chi connectivity index (χ1) is 16.3. The molecule has 1 N–H and O–H groups in total. The van der Waals surface area contributed by atoms with E-state index in [-0.39, 0.29) is 20.1 Å². The Kier molecular flexibility index (Phi) is 5.45. The molecule has 0 bridgehead atoms. The number of aryl methyl sites for hydroxylation is 1. The number of thioether (sulfide) groups is 1. The zero-order valence-corrected chi connectivity index (χ0v) is 22.1. The minimum absolute atomic E-state index is 0.0236. The van der Waals surface area contributed by atoms with Crippen LogP contribution in [0.2, 0.25) is 0 Å². The van der Waals surface area contributed by atoms with E-state index in [1.807, 2.05) is 6.92 Å². The number of anilines is 1. The average Bonchev–Trinajstić information content (AvgIpc) is 3.01. The van der Waals surface area contributed by atoms with E-state index in [2.05, 4.69) is 38.7 Å². The van der Waals surface area contributed by atoms with Crippen LogP contribution in [0.3, 0.4) is 0 Å². The Bertz CT molecular complexity index is 1420. The minimum Gasteiger partial charge on any atom is -0.480 e. The number of aliphatic carboxylic acids is 1. The lowest BCUT2D eigenvalue weighted by Crippen LogP contribution is -2.44. The van der Waals surface area contributed by atoms with Crippen molar-refractivity contribution < 1.29 is 19.1 Å². The number of carboxylic acids is 1. The topological polar surface area (TPSA) is 91.1 Å². The van der Waals surface area contributed by atoms with Crippen LogP contribution in [-0.4, -0.2) is 45.8 Å². The first-order valence-electron chi connectivity index (χ1n) is 11.7. The highest BCUT2D eigenvalue weighted by atomic mass is 32.2. The molecule has 0 spiro atoms. The SMILES string of the molecule is Cc1c(/C=C2/SC(=S)N(CC(=O)O)C2=O)c(=O)oc2c3c4c(cc12)C(C)(C)CCN4CCC3(C)C. The summed E-state index contributed by atoms with van der Waals surface area (Å²) in [7, 11) is 0. The standard InChI is InChI=1S/C26H28N2O5S2/c1-13-14-10-16-20-19(26(4,5)7-9-27(20)8-6-25(16,2)3)21(14)33-23(32)15(13)11-17-22(31)28(12-18(29)30)24(34)35-17/h10-11H,6-9,12H2,1-5H3,(H,29,30)/b17-11+. The van der Waals surface area contributed by atoms with Gasteiger partial charge in [-0.1, -0.05) is 51.7 Å². The van der Waals surface area contributed by atoms with E-state index in [1.54, 1.807) is 0 Å². The summed E-state index contributed by atoms with van der Waals surface area (Å²) in [6, 6.07) is 2.16. The molecule has 35 heavy (non-hydrogen) atoms. The normalized spacial score (nSPS) is 21.7. The number of carbonyl (C=O) groups is 2. The number of amides is 1. The van der Waals surface area contributed by atoms with Crippen molar-refractivity contribution in [1.82, 2.24) is 4.90 Å². The second-order valence-electron chi connectivity index (χ2n) is 10.9. The first kappa shape index (κ1) is 24.1. The van der Waals surface area contributed by atoms with Crippen molar-refractivity contribution in [1.29, 1.82) is 0 Å². The van der Waals surface area contributed by atoms with Crippen molar-refractivity contribution in [3.05, 3.63) is 43.6 Å². The molecule has 1 amide bonds. The summed E-state index contributed by atoms with van der Waals surface area (Å²) in [5.74, 6) is -1.67. The Morgan fingerprint density at radius 3 is 2.51 bits per heavy atom. The van der Waals surface area contributed by atoms with Crippen molar-refractivity contribution in [2.45, 2.75) is 58.3 Å². The maximum absolute atomic E-state index is 13.3. The molecular weight excluding hydrogens is 484 g/mol. The fourth-order valence-corrected chi connectivity index (χ4v) is 6.69. The average molecular weight is 513 g/mol. The van der Waals surface area contributed by atoms with E-state index >= 15 is 0 Å². The van der Waals surface area contributed by atoms with Crippen molar-refractivity contribution in [2.75, 3.05) is 24.5 Å². The summed E-state index contributed by atoms with van der Waals surface area (Å²) in [5.41, 5.74) is 4.51. The number of nitrogens with zero attached hydrogens (tertiary/aromatic N) is 2. The molecule has 0 aliphatic carbocycles. The molecular formula is C26H28N2O5S2. The van der Waals surface area contributed by atoms with Crippen LogP contribution in [0.1, 0.15) is 62.8 Å². The highest BCUT2D eigenvalue weighted by molar-refractivity contribution is 8.26. The van der Waals surface area contributed by atoms with Crippen LogP contribution in [-0.2, 0) is 20.4 Å². The Morgan fingerprint density at radius 1 is 1.20 bits per heavy atom. The van der Waals surface area contributed by atoms with Gasteiger partial charge in [0.15, 0.2) is 0 Å². The minimum atomic E-state index is -1.15. The molecule has 1 saturated heterocycles. The molecule has 7 nitrogen and oxygen atoms in total. The molecule has 1 fully saturated rings. The van der Waals surface area contributed by atoms with Gasteiger partial charge in [0.05, 0.1) is 10.5 Å². The van der Waals surface area contributed by atoms with Gasteiger partial charge < -0.3 is 14.4 Å². The third kappa shape index (κ3) is 3.71. The van der Waals surface area contributed by atoms with Crippen LogP contribution in [0.25, 0.3) is 17.0 Å². The molecule has 0 radical (unpaired) electrons. The molecule has 0 saturated carbocycles. The van der Waals surface area contributed by atoms with Crippen molar-refractivity contribution in [2.24, 2.45) is 0 Å². The molecule has 2 aromatic rings. The number of carbonyl (C=O) groups excluding carboxylic acids is 1. The van der Waals surface area contributed by atoms with E-state index in [0.29, 0.717) is 11.1 Å². The second kappa shape index (κ2) is 7.93. The largest absolute Gasteiger partial charge is 0.480 e. The second-order valence-corrected chi connectivity index (χ2v) is 12.5. The van der Waals surface area contributed by atoms with Crippen molar-refractivity contribution in [3.8, 4) is 0 Å². The lowest BCUT2D eigenvalue weighted by molar-refractivity contribution is -0.140. The van der Waals surface area contributed by atoms with Crippen LogP contribution in [0.15, 0.2) is 20.2 Å². The number of benzene rings is 1. The Morgan fingerprint density at radius 2 is 1.86 bits per heavy atom. The number of thiocarbonyl (C=S) groups is 1. The van der Waals surface area contributed by atoms with Gasteiger partial charge in [-0.2, -0.15) is 0 Å². The van der Waals surface area contributed by atoms with Gasteiger partial charge >= 0.3 is 11.6 Å². The van der Waals surface area contributed by atoms with Crippen molar-refractivity contribution in [3.63, 3.8) is 0 Å². The van der Waals surface area contributed by atoms with Gasteiger partial charge in [-0.15, -0.1) is 0 Å². The third-order valence-electron chi connectivity index (χ3n) is 7.65. The number of hydrogen-bond donors (Lipinski definition) is 1.